The Morgan fingerprint density at radius 2 is 1.63 bits per heavy atom. The average Bonchev–Trinajstić information content (AvgIpc) is 2.95. The fourth-order valence-electron chi connectivity index (χ4n) is 1.76. The lowest BCUT2D eigenvalue weighted by atomic mass is 10.1. The Morgan fingerprint density at radius 1 is 0.947 bits per heavy atom. The van der Waals surface area contributed by atoms with Gasteiger partial charge in [-0.2, -0.15) is 0 Å². The van der Waals surface area contributed by atoms with Crippen molar-refractivity contribution in [1.82, 2.24) is 0 Å². The second kappa shape index (κ2) is 5.99. The average molecular weight is 264 g/mol. The predicted molar refractivity (Wildman–Crippen MR) is 68.2 cm³/mol. The maximum absolute atomic E-state index is 9.84. The van der Waals surface area contributed by atoms with Crippen LogP contribution in [-0.4, -0.2) is 39.2 Å². The third kappa shape index (κ3) is 3.02. The van der Waals surface area contributed by atoms with Crippen molar-refractivity contribution < 1.29 is 24.8 Å². The van der Waals surface area contributed by atoms with Gasteiger partial charge in [-0.1, -0.05) is 30.3 Å². The molecule has 1 aromatic carbocycles. The first-order valence-corrected chi connectivity index (χ1v) is 5.93. The smallest absolute Gasteiger partial charge is 0.140 e. The summed E-state index contributed by atoms with van der Waals surface area (Å²) in [7, 11) is 0. The van der Waals surface area contributed by atoms with Gasteiger partial charge in [-0.25, -0.2) is 0 Å². The van der Waals surface area contributed by atoms with E-state index in [0.717, 1.165) is 5.56 Å². The number of aliphatic hydroxyl groups is 4. The van der Waals surface area contributed by atoms with Crippen molar-refractivity contribution in [2.45, 2.75) is 18.3 Å². The molecule has 0 aliphatic rings. The maximum atomic E-state index is 9.84. The first kappa shape index (κ1) is 13.8. The zero-order chi connectivity index (χ0) is 13.8. The normalized spacial score (nSPS) is 16.0. The first-order chi connectivity index (χ1) is 9.13. The van der Waals surface area contributed by atoms with Gasteiger partial charge in [0.05, 0.1) is 6.61 Å². The fraction of sp³-hybridized carbons (Fsp3) is 0.286. The molecule has 0 spiro atoms. The van der Waals surface area contributed by atoms with Crippen LogP contribution in [0.1, 0.15) is 11.9 Å². The maximum Gasteiger partial charge on any atom is 0.140 e. The number of hydrogen-bond acceptors (Lipinski definition) is 5. The molecule has 0 radical (unpaired) electrons. The number of benzene rings is 1. The summed E-state index contributed by atoms with van der Waals surface area (Å²) in [6.07, 6.45) is -4.31. The Labute approximate surface area is 110 Å². The summed E-state index contributed by atoms with van der Waals surface area (Å²) in [5.41, 5.74) is 0.846. The van der Waals surface area contributed by atoms with Crippen LogP contribution in [0.25, 0.3) is 11.3 Å². The van der Waals surface area contributed by atoms with Crippen LogP contribution >= 0.6 is 0 Å². The fourth-order valence-corrected chi connectivity index (χ4v) is 1.76. The van der Waals surface area contributed by atoms with E-state index in [1.54, 1.807) is 6.07 Å². The van der Waals surface area contributed by atoms with E-state index >= 15 is 0 Å². The number of furan rings is 1. The van der Waals surface area contributed by atoms with Gasteiger partial charge in [-0.05, 0) is 12.1 Å². The molecule has 19 heavy (non-hydrogen) atoms. The molecule has 1 aromatic heterocycles. The minimum Gasteiger partial charge on any atom is -0.458 e. The molecule has 5 heteroatoms. The predicted octanol–water partition coefficient (Wildman–Crippen LogP) is 0.694. The third-order valence-corrected chi connectivity index (χ3v) is 2.88. The van der Waals surface area contributed by atoms with E-state index in [-0.39, 0.29) is 5.76 Å². The largest absolute Gasteiger partial charge is 0.458 e. The number of hydrogen-bond donors (Lipinski definition) is 4. The van der Waals surface area contributed by atoms with E-state index in [2.05, 4.69) is 0 Å². The Bertz CT molecular complexity index is 508. The molecule has 0 bridgehead atoms. The molecule has 0 aliphatic carbocycles. The second-order valence-electron chi connectivity index (χ2n) is 4.25. The summed E-state index contributed by atoms with van der Waals surface area (Å²) in [4.78, 5) is 0. The quantitative estimate of drug-likeness (QED) is 0.637. The van der Waals surface area contributed by atoms with Gasteiger partial charge < -0.3 is 24.8 Å². The molecular weight excluding hydrogens is 248 g/mol. The zero-order valence-electron chi connectivity index (χ0n) is 10.2. The highest BCUT2D eigenvalue weighted by Gasteiger charge is 2.27. The van der Waals surface area contributed by atoms with Crippen LogP contribution < -0.4 is 0 Å². The molecule has 5 nitrogen and oxygen atoms in total. The Balaban J connectivity index is 2.17. The van der Waals surface area contributed by atoms with Crippen molar-refractivity contribution in [3.8, 4) is 11.3 Å². The van der Waals surface area contributed by atoms with Crippen molar-refractivity contribution in [1.29, 1.82) is 0 Å². The molecule has 0 aliphatic heterocycles. The van der Waals surface area contributed by atoms with Gasteiger partial charge in [0.25, 0.3) is 0 Å². The molecule has 2 rings (SSSR count). The zero-order valence-corrected chi connectivity index (χ0v) is 10.2. The first-order valence-electron chi connectivity index (χ1n) is 5.93. The Hall–Kier alpha value is -1.66. The number of rotatable bonds is 5. The lowest BCUT2D eigenvalue weighted by Crippen LogP contribution is -2.34. The monoisotopic (exact) mass is 264 g/mol. The minimum atomic E-state index is -1.50. The van der Waals surface area contributed by atoms with Crippen LogP contribution in [0.4, 0.5) is 0 Å². The van der Waals surface area contributed by atoms with Gasteiger partial charge >= 0.3 is 0 Å². The number of aliphatic hydroxyl groups excluding tert-OH is 4. The molecule has 0 amide bonds. The van der Waals surface area contributed by atoms with Gasteiger partial charge in [-0.15, -0.1) is 0 Å². The van der Waals surface area contributed by atoms with Crippen LogP contribution in [-0.2, 0) is 0 Å². The highest BCUT2D eigenvalue weighted by molar-refractivity contribution is 5.57. The van der Waals surface area contributed by atoms with E-state index in [9.17, 15) is 15.3 Å². The third-order valence-electron chi connectivity index (χ3n) is 2.88. The van der Waals surface area contributed by atoms with Crippen molar-refractivity contribution in [3.05, 3.63) is 48.2 Å². The van der Waals surface area contributed by atoms with E-state index in [1.165, 1.54) is 6.07 Å². The van der Waals surface area contributed by atoms with E-state index in [1.807, 2.05) is 30.3 Å². The molecule has 3 atom stereocenters. The van der Waals surface area contributed by atoms with Crippen molar-refractivity contribution in [3.63, 3.8) is 0 Å². The molecular formula is C14H16O5. The van der Waals surface area contributed by atoms with Gasteiger partial charge in [0, 0.05) is 5.56 Å². The molecule has 0 unspecified atom stereocenters. The van der Waals surface area contributed by atoms with Crippen LogP contribution in [0.3, 0.4) is 0 Å². The SMILES string of the molecule is OC[C@@H](O)[C@@H](O)[C@H](O)c1ccc(-c2ccccc2)o1. The summed E-state index contributed by atoms with van der Waals surface area (Å²) in [5.74, 6) is 0.694. The lowest BCUT2D eigenvalue weighted by molar-refractivity contribution is -0.0834. The lowest BCUT2D eigenvalue weighted by Gasteiger charge is -2.19. The van der Waals surface area contributed by atoms with Crippen LogP contribution in [0.5, 0.6) is 0 Å². The van der Waals surface area contributed by atoms with Crippen LogP contribution in [0.15, 0.2) is 46.9 Å². The van der Waals surface area contributed by atoms with Gasteiger partial charge in [0.15, 0.2) is 0 Å². The Kier molecular flexibility index (Phi) is 4.34. The minimum absolute atomic E-state index is 0.138. The van der Waals surface area contributed by atoms with Crippen LogP contribution in [0, 0.1) is 0 Å². The molecule has 2 aromatic rings. The van der Waals surface area contributed by atoms with E-state index < -0.39 is 24.9 Å². The standard InChI is InChI=1S/C14H16O5/c15-8-10(16)13(17)14(18)12-7-6-11(19-12)9-4-2-1-3-5-9/h1-7,10,13-18H,8H2/t10-,13-,14-/m1/s1. The molecule has 0 fully saturated rings. The van der Waals surface area contributed by atoms with Gasteiger partial charge in [0.1, 0.15) is 29.8 Å². The van der Waals surface area contributed by atoms with E-state index in [0.29, 0.717) is 5.76 Å². The molecule has 0 saturated heterocycles. The molecule has 0 saturated carbocycles. The highest BCUT2D eigenvalue weighted by atomic mass is 16.4. The molecule has 4 N–H and O–H groups in total. The highest BCUT2D eigenvalue weighted by Crippen LogP contribution is 2.27. The van der Waals surface area contributed by atoms with Gasteiger partial charge in [0.2, 0.25) is 0 Å². The summed E-state index contributed by atoms with van der Waals surface area (Å²) in [6.45, 7) is -0.634. The van der Waals surface area contributed by atoms with Gasteiger partial charge in [-0.3, -0.25) is 0 Å². The van der Waals surface area contributed by atoms with E-state index in [4.69, 9.17) is 9.52 Å². The Morgan fingerprint density at radius 3 is 2.26 bits per heavy atom. The van der Waals surface area contributed by atoms with Crippen molar-refractivity contribution in [2.24, 2.45) is 0 Å². The van der Waals surface area contributed by atoms with Crippen molar-refractivity contribution >= 4 is 0 Å². The van der Waals surface area contributed by atoms with Crippen LogP contribution in [0.2, 0.25) is 0 Å². The second-order valence-corrected chi connectivity index (χ2v) is 4.25. The van der Waals surface area contributed by atoms with Crippen molar-refractivity contribution in [2.75, 3.05) is 6.61 Å². The summed E-state index contributed by atoms with van der Waals surface area (Å²) >= 11 is 0. The summed E-state index contributed by atoms with van der Waals surface area (Å²) < 4.78 is 5.44. The molecule has 1 heterocycles. The topological polar surface area (TPSA) is 94.1 Å². The summed E-state index contributed by atoms with van der Waals surface area (Å²) in [5, 5.41) is 37.4. The molecule has 102 valence electrons. The summed E-state index contributed by atoms with van der Waals surface area (Å²) in [6, 6.07) is 12.5.